The molecular weight excluding hydrogens is 369 g/mol. The van der Waals surface area contributed by atoms with Crippen LogP contribution in [-0.4, -0.2) is 54.3 Å². The van der Waals surface area contributed by atoms with Crippen LogP contribution in [0.1, 0.15) is 15.9 Å². The predicted octanol–water partition coefficient (Wildman–Crippen LogP) is 3.19. The summed E-state index contributed by atoms with van der Waals surface area (Å²) in [6, 6.07) is 12.8. The van der Waals surface area contributed by atoms with Crippen LogP contribution in [0.5, 0.6) is 0 Å². The van der Waals surface area contributed by atoms with E-state index in [0.29, 0.717) is 43.3 Å². The molecule has 27 heavy (non-hydrogen) atoms. The zero-order valence-electron chi connectivity index (χ0n) is 14.8. The highest BCUT2D eigenvalue weighted by molar-refractivity contribution is 6.30. The summed E-state index contributed by atoms with van der Waals surface area (Å²) >= 11 is 5.94. The fourth-order valence-corrected chi connectivity index (χ4v) is 3.19. The fraction of sp³-hybridized carbons (Fsp3) is 0.300. The average molecular weight is 390 g/mol. The second kappa shape index (κ2) is 8.97. The number of piperazine rings is 1. The van der Waals surface area contributed by atoms with Crippen LogP contribution >= 0.6 is 11.6 Å². The van der Waals surface area contributed by atoms with Crippen molar-refractivity contribution in [3.8, 4) is 0 Å². The molecule has 1 aliphatic heterocycles. The van der Waals surface area contributed by atoms with Crippen LogP contribution < -0.4 is 5.32 Å². The summed E-state index contributed by atoms with van der Waals surface area (Å²) in [6.45, 7) is 3.04. The molecule has 142 valence electrons. The van der Waals surface area contributed by atoms with Crippen molar-refractivity contribution in [2.45, 2.75) is 6.54 Å². The van der Waals surface area contributed by atoms with Crippen molar-refractivity contribution in [3.63, 3.8) is 0 Å². The van der Waals surface area contributed by atoms with Crippen molar-refractivity contribution < 1.29 is 14.0 Å². The molecule has 0 radical (unpaired) electrons. The molecule has 3 rings (SSSR count). The number of amides is 2. The third-order valence-electron chi connectivity index (χ3n) is 4.53. The molecule has 0 atom stereocenters. The topological polar surface area (TPSA) is 52.7 Å². The molecule has 0 bridgehead atoms. The number of carbonyl (C=O) groups excluding carboxylic acids is 2. The Balaban J connectivity index is 1.43. The van der Waals surface area contributed by atoms with Crippen LogP contribution in [0.15, 0.2) is 48.5 Å². The summed E-state index contributed by atoms with van der Waals surface area (Å²) < 4.78 is 12.9. The number of carbonyl (C=O) groups is 2. The summed E-state index contributed by atoms with van der Waals surface area (Å²) in [6.07, 6.45) is 0. The number of nitrogens with zero attached hydrogens (tertiary/aromatic N) is 2. The highest BCUT2D eigenvalue weighted by Crippen LogP contribution is 2.11. The lowest BCUT2D eigenvalue weighted by Crippen LogP contribution is -2.52. The van der Waals surface area contributed by atoms with E-state index in [2.05, 4.69) is 5.32 Å². The van der Waals surface area contributed by atoms with E-state index >= 15 is 0 Å². The second-order valence-electron chi connectivity index (χ2n) is 6.48. The Morgan fingerprint density at radius 1 is 1.04 bits per heavy atom. The van der Waals surface area contributed by atoms with Gasteiger partial charge in [-0.25, -0.2) is 9.18 Å². The molecule has 1 saturated heterocycles. The number of rotatable bonds is 5. The van der Waals surface area contributed by atoms with Gasteiger partial charge in [0.2, 0.25) is 0 Å². The van der Waals surface area contributed by atoms with Gasteiger partial charge in [-0.1, -0.05) is 23.7 Å². The summed E-state index contributed by atoms with van der Waals surface area (Å²) in [5, 5.41) is 3.53. The van der Waals surface area contributed by atoms with Gasteiger partial charge in [0.05, 0.1) is 6.54 Å². The van der Waals surface area contributed by atoms with Gasteiger partial charge in [-0.15, -0.1) is 0 Å². The standard InChI is InChI=1S/C20H21ClFN3O2/c21-17-3-1-2-15(12-17)13-23-20(27)25-10-8-24(9-11-25)14-19(26)16-4-6-18(22)7-5-16/h1-7,12H,8-11,13-14H2,(H,23,27). The number of benzene rings is 2. The minimum Gasteiger partial charge on any atom is -0.334 e. The molecule has 2 aromatic rings. The molecule has 5 nitrogen and oxygen atoms in total. The van der Waals surface area contributed by atoms with Crippen molar-refractivity contribution >= 4 is 23.4 Å². The molecule has 7 heteroatoms. The number of nitrogens with one attached hydrogen (secondary N) is 1. The Kier molecular flexibility index (Phi) is 6.42. The van der Waals surface area contributed by atoms with Gasteiger partial charge in [-0.3, -0.25) is 9.69 Å². The van der Waals surface area contributed by atoms with Gasteiger partial charge in [-0.05, 0) is 42.0 Å². The molecule has 1 heterocycles. The maximum absolute atomic E-state index is 12.9. The summed E-state index contributed by atoms with van der Waals surface area (Å²) in [4.78, 5) is 28.3. The third-order valence-corrected chi connectivity index (χ3v) is 4.76. The van der Waals surface area contributed by atoms with Gasteiger partial charge >= 0.3 is 6.03 Å². The largest absolute Gasteiger partial charge is 0.334 e. The Labute approximate surface area is 162 Å². The molecule has 2 aromatic carbocycles. The van der Waals surface area contributed by atoms with Gasteiger partial charge in [0.25, 0.3) is 0 Å². The van der Waals surface area contributed by atoms with E-state index < -0.39 is 0 Å². The van der Waals surface area contributed by atoms with E-state index in [1.165, 1.54) is 24.3 Å². The Morgan fingerprint density at radius 3 is 2.41 bits per heavy atom. The van der Waals surface area contributed by atoms with Gasteiger partial charge in [0.1, 0.15) is 5.82 Å². The van der Waals surface area contributed by atoms with Gasteiger partial charge in [-0.2, -0.15) is 0 Å². The zero-order valence-corrected chi connectivity index (χ0v) is 15.6. The van der Waals surface area contributed by atoms with Crippen LogP contribution in [-0.2, 0) is 6.54 Å². The molecule has 0 saturated carbocycles. The van der Waals surface area contributed by atoms with Gasteiger partial charge in [0, 0.05) is 43.3 Å². The average Bonchev–Trinajstić information content (AvgIpc) is 2.67. The van der Waals surface area contributed by atoms with Crippen LogP contribution in [0, 0.1) is 5.82 Å². The first-order valence-electron chi connectivity index (χ1n) is 8.79. The smallest absolute Gasteiger partial charge is 0.317 e. The van der Waals surface area contributed by atoms with Crippen molar-refractivity contribution in [1.82, 2.24) is 15.1 Å². The van der Waals surface area contributed by atoms with E-state index in [-0.39, 0.29) is 24.2 Å². The highest BCUT2D eigenvalue weighted by Gasteiger charge is 2.22. The van der Waals surface area contributed by atoms with Crippen LogP contribution in [0.2, 0.25) is 5.02 Å². The Hall–Kier alpha value is -2.44. The summed E-state index contributed by atoms with van der Waals surface area (Å²) in [5.74, 6) is -0.405. The molecule has 2 amide bonds. The number of Topliss-reactive ketones (excluding diaryl/α,β-unsaturated/α-hetero) is 1. The van der Waals surface area contributed by atoms with E-state index in [0.717, 1.165) is 5.56 Å². The number of hydrogen-bond acceptors (Lipinski definition) is 3. The third kappa shape index (κ3) is 5.52. The molecule has 0 aliphatic carbocycles. The van der Waals surface area contributed by atoms with Crippen LogP contribution in [0.3, 0.4) is 0 Å². The highest BCUT2D eigenvalue weighted by atomic mass is 35.5. The van der Waals surface area contributed by atoms with Gasteiger partial charge < -0.3 is 10.2 Å². The van der Waals surface area contributed by atoms with Crippen molar-refractivity contribution in [3.05, 3.63) is 70.5 Å². The van der Waals surface area contributed by atoms with Crippen molar-refractivity contribution in [1.29, 1.82) is 0 Å². The van der Waals surface area contributed by atoms with Crippen molar-refractivity contribution in [2.24, 2.45) is 0 Å². The van der Waals surface area contributed by atoms with Crippen molar-refractivity contribution in [2.75, 3.05) is 32.7 Å². The molecule has 1 N–H and O–H groups in total. The second-order valence-corrected chi connectivity index (χ2v) is 6.92. The number of urea groups is 1. The lowest BCUT2D eigenvalue weighted by molar-refractivity contribution is 0.0878. The molecule has 1 fully saturated rings. The van der Waals surface area contributed by atoms with E-state index in [9.17, 15) is 14.0 Å². The molecular formula is C20H21ClFN3O2. The fourth-order valence-electron chi connectivity index (χ4n) is 2.98. The Morgan fingerprint density at radius 2 is 1.74 bits per heavy atom. The zero-order chi connectivity index (χ0) is 19.2. The molecule has 0 spiro atoms. The quantitative estimate of drug-likeness (QED) is 0.799. The minimum absolute atomic E-state index is 0.0474. The van der Waals surface area contributed by atoms with E-state index in [1.807, 2.05) is 23.1 Å². The lowest BCUT2D eigenvalue weighted by Gasteiger charge is -2.34. The monoisotopic (exact) mass is 389 g/mol. The minimum atomic E-state index is -0.357. The predicted molar refractivity (Wildman–Crippen MR) is 102 cm³/mol. The van der Waals surface area contributed by atoms with Crippen LogP contribution in [0.4, 0.5) is 9.18 Å². The number of ketones is 1. The first-order valence-corrected chi connectivity index (χ1v) is 9.17. The van der Waals surface area contributed by atoms with Gasteiger partial charge in [0.15, 0.2) is 5.78 Å². The molecule has 0 aromatic heterocycles. The summed E-state index contributed by atoms with van der Waals surface area (Å²) in [5.41, 5.74) is 1.44. The maximum Gasteiger partial charge on any atom is 0.317 e. The molecule has 1 aliphatic rings. The van der Waals surface area contributed by atoms with Crippen LogP contribution in [0.25, 0.3) is 0 Å². The first-order chi connectivity index (χ1) is 13.0. The van der Waals surface area contributed by atoms with E-state index in [1.54, 1.807) is 11.0 Å². The number of halogens is 2. The SMILES string of the molecule is O=C(CN1CCN(C(=O)NCc2cccc(Cl)c2)CC1)c1ccc(F)cc1. The number of hydrogen-bond donors (Lipinski definition) is 1. The maximum atomic E-state index is 12.9. The molecule has 0 unspecified atom stereocenters. The lowest BCUT2D eigenvalue weighted by atomic mass is 10.1. The normalized spacial score (nSPS) is 14.8. The summed E-state index contributed by atoms with van der Waals surface area (Å²) in [7, 11) is 0. The Bertz CT molecular complexity index is 805. The first kappa shape index (κ1) is 19.3. The van der Waals surface area contributed by atoms with E-state index in [4.69, 9.17) is 11.6 Å².